The van der Waals surface area contributed by atoms with E-state index in [0.29, 0.717) is 25.7 Å². The molecular weight excluding hydrogens is 1340 g/mol. The average Bonchev–Trinajstić information content (AvgIpc) is 0.924. The van der Waals surface area contributed by atoms with Crippen LogP contribution in [0.4, 0.5) is 0 Å². The normalized spacial score (nSPS) is 14.2. The number of hydrogen-bond acceptors (Lipinski definition) is 15. The van der Waals surface area contributed by atoms with Crippen molar-refractivity contribution in [2.45, 2.75) is 458 Å². The molecule has 0 rings (SSSR count). The summed E-state index contributed by atoms with van der Waals surface area (Å²) in [4.78, 5) is 73.1. The van der Waals surface area contributed by atoms with E-state index in [1.54, 1.807) is 0 Å². The van der Waals surface area contributed by atoms with Crippen LogP contribution in [-0.4, -0.2) is 96.7 Å². The van der Waals surface area contributed by atoms with E-state index in [1.807, 2.05) is 0 Å². The lowest BCUT2D eigenvalue weighted by Gasteiger charge is -2.21. The first-order valence-electron chi connectivity index (χ1n) is 43.4. The number of esters is 4. The van der Waals surface area contributed by atoms with Gasteiger partial charge in [-0.15, -0.1) is 0 Å². The number of ether oxygens (including phenoxy) is 4. The Morgan fingerprint density at radius 1 is 0.282 bits per heavy atom. The zero-order chi connectivity index (χ0) is 75.8. The molecule has 0 aromatic rings. The molecule has 0 amide bonds. The summed E-state index contributed by atoms with van der Waals surface area (Å²) in [5.74, 6) is 0.332. The van der Waals surface area contributed by atoms with Gasteiger partial charge in [0.2, 0.25) is 0 Å². The number of carbonyl (C=O) groups excluding carboxylic acids is 4. The quantitative estimate of drug-likeness (QED) is 0.0222. The van der Waals surface area contributed by atoms with Gasteiger partial charge < -0.3 is 33.8 Å². The molecule has 0 saturated carbocycles. The highest BCUT2D eigenvalue weighted by molar-refractivity contribution is 7.47. The molecule has 0 aromatic carbocycles. The molecule has 19 heteroatoms. The highest BCUT2D eigenvalue weighted by Gasteiger charge is 2.30. The number of aliphatic hydroxyl groups is 1. The molecule has 17 nitrogen and oxygen atoms in total. The third-order valence-electron chi connectivity index (χ3n) is 20.0. The second kappa shape index (κ2) is 74.2. The first-order valence-corrected chi connectivity index (χ1v) is 46.4. The van der Waals surface area contributed by atoms with Crippen LogP contribution in [0.15, 0.2) is 0 Å². The average molecular weight is 1510 g/mol. The summed E-state index contributed by atoms with van der Waals surface area (Å²) in [6.45, 7) is 12.0. The molecule has 612 valence electrons. The second-order valence-electron chi connectivity index (χ2n) is 31.4. The fraction of sp³-hybridized carbons (Fsp3) is 0.952. The Labute approximate surface area is 632 Å². The van der Waals surface area contributed by atoms with Crippen molar-refractivity contribution in [1.29, 1.82) is 0 Å². The second-order valence-corrected chi connectivity index (χ2v) is 34.3. The SMILES string of the molecule is CCCCCCCCCCCCC(=O)OC[C@H](COP(=O)(O)OC[C@H](O)COP(=O)(O)OC[C@@H](COC(=O)CCCCCCCCCCCCCCCC(C)C)OC(=O)CCCCCCCCCCCCCCCCCCCCC(C)CC)OC(=O)CCCCCCCCCCCCCCC(C)C. The van der Waals surface area contributed by atoms with Gasteiger partial charge in [0.15, 0.2) is 12.2 Å². The molecule has 3 unspecified atom stereocenters. The maximum absolute atomic E-state index is 13.1. The third-order valence-corrected chi connectivity index (χ3v) is 21.9. The van der Waals surface area contributed by atoms with Crippen LogP contribution < -0.4 is 0 Å². The van der Waals surface area contributed by atoms with E-state index >= 15 is 0 Å². The van der Waals surface area contributed by atoms with Crippen molar-refractivity contribution in [3.63, 3.8) is 0 Å². The van der Waals surface area contributed by atoms with Crippen molar-refractivity contribution in [2.24, 2.45) is 17.8 Å². The summed E-state index contributed by atoms with van der Waals surface area (Å²) in [6.07, 6.45) is 63.8. The molecule has 0 heterocycles. The molecule has 0 spiro atoms. The van der Waals surface area contributed by atoms with Crippen LogP contribution in [-0.2, 0) is 65.4 Å². The van der Waals surface area contributed by atoms with Crippen molar-refractivity contribution >= 4 is 39.5 Å². The van der Waals surface area contributed by atoms with E-state index in [9.17, 15) is 43.2 Å². The Kier molecular flexibility index (Phi) is 72.8. The van der Waals surface area contributed by atoms with Gasteiger partial charge in [0.05, 0.1) is 26.4 Å². The monoisotopic (exact) mass is 1510 g/mol. The highest BCUT2D eigenvalue weighted by Crippen LogP contribution is 2.45. The molecule has 0 fully saturated rings. The molecule has 3 N–H and O–H groups in total. The fourth-order valence-corrected chi connectivity index (χ4v) is 14.6. The lowest BCUT2D eigenvalue weighted by atomic mass is 9.99. The molecule has 0 bridgehead atoms. The summed E-state index contributed by atoms with van der Waals surface area (Å²) >= 11 is 0. The molecule has 0 aliphatic rings. The molecule has 0 radical (unpaired) electrons. The van der Waals surface area contributed by atoms with Crippen molar-refractivity contribution < 1.29 is 80.2 Å². The first-order chi connectivity index (χ1) is 49.8. The summed E-state index contributed by atoms with van der Waals surface area (Å²) in [5, 5.41) is 10.7. The summed E-state index contributed by atoms with van der Waals surface area (Å²) in [6, 6.07) is 0. The minimum atomic E-state index is -4.96. The van der Waals surface area contributed by atoms with Gasteiger partial charge in [0.25, 0.3) is 0 Å². The van der Waals surface area contributed by atoms with Crippen molar-refractivity contribution in [3.05, 3.63) is 0 Å². The van der Waals surface area contributed by atoms with Gasteiger partial charge in [-0.3, -0.25) is 37.3 Å². The van der Waals surface area contributed by atoms with Gasteiger partial charge in [-0.1, -0.05) is 389 Å². The van der Waals surface area contributed by atoms with Crippen molar-refractivity contribution in [2.75, 3.05) is 39.6 Å². The van der Waals surface area contributed by atoms with Crippen LogP contribution in [0.2, 0.25) is 0 Å². The smallest absolute Gasteiger partial charge is 0.462 e. The maximum atomic E-state index is 13.1. The minimum Gasteiger partial charge on any atom is -0.462 e. The molecule has 0 aliphatic carbocycles. The maximum Gasteiger partial charge on any atom is 0.472 e. The molecular formula is C84H164O17P2. The number of carbonyl (C=O) groups is 4. The summed E-state index contributed by atoms with van der Waals surface area (Å²) in [7, 11) is -9.92. The first kappa shape index (κ1) is 101. The molecule has 6 atom stereocenters. The van der Waals surface area contributed by atoms with Crippen molar-refractivity contribution in [1.82, 2.24) is 0 Å². The molecule has 0 aliphatic heterocycles. The van der Waals surface area contributed by atoms with Gasteiger partial charge in [-0.05, 0) is 43.4 Å². The molecule has 103 heavy (non-hydrogen) atoms. The van der Waals surface area contributed by atoms with Crippen LogP contribution in [0.1, 0.15) is 440 Å². The van der Waals surface area contributed by atoms with E-state index in [1.165, 1.54) is 250 Å². The van der Waals surface area contributed by atoms with Gasteiger partial charge in [-0.2, -0.15) is 0 Å². The largest absolute Gasteiger partial charge is 0.472 e. The summed E-state index contributed by atoms with van der Waals surface area (Å²) in [5.41, 5.74) is 0. The molecule has 0 aromatic heterocycles. The van der Waals surface area contributed by atoms with Crippen LogP contribution in [0, 0.1) is 17.8 Å². The van der Waals surface area contributed by atoms with Crippen LogP contribution >= 0.6 is 15.6 Å². The lowest BCUT2D eigenvalue weighted by molar-refractivity contribution is -0.161. The molecule has 0 saturated heterocycles. The minimum absolute atomic E-state index is 0.107. The topological polar surface area (TPSA) is 237 Å². The summed E-state index contributed by atoms with van der Waals surface area (Å²) < 4.78 is 68.8. The fourth-order valence-electron chi connectivity index (χ4n) is 13.0. The van der Waals surface area contributed by atoms with Gasteiger partial charge in [0, 0.05) is 25.7 Å². The zero-order valence-corrected chi connectivity index (χ0v) is 69.6. The lowest BCUT2D eigenvalue weighted by Crippen LogP contribution is -2.30. The van der Waals surface area contributed by atoms with E-state index in [4.69, 9.17) is 37.0 Å². The number of aliphatic hydroxyl groups excluding tert-OH is 1. The van der Waals surface area contributed by atoms with Crippen LogP contribution in [0.25, 0.3) is 0 Å². The van der Waals surface area contributed by atoms with Crippen molar-refractivity contribution in [3.8, 4) is 0 Å². The van der Waals surface area contributed by atoms with E-state index in [2.05, 4.69) is 48.5 Å². The number of rotatable bonds is 82. The van der Waals surface area contributed by atoms with Gasteiger partial charge >= 0.3 is 39.5 Å². The predicted octanol–water partition coefficient (Wildman–Crippen LogP) is 25.3. The number of hydrogen-bond donors (Lipinski definition) is 3. The van der Waals surface area contributed by atoms with E-state index in [-0.39, 0.29) is 25.7 Å². The van der Waals surface area contributed by atoms with Crippen LogP contribution in [0.5, 0.6) is 0 Å². The number of phosphoric ester groups is 2. The van der Waals surface area contributed by atoms with Crippen LogP contribution in [0.3, 0.4) is 0 Å². The predicted molar refractivity (Wildman–Crippen MR) is 423 cm³/mol. The Morgan fingerprint density at radius 3 is 0.738 bits per heavy atom. The Morgan fingerprint density at radius 2 is 0.495 bits per heavy atom. The Hall–Kier alpha value is -1.94. The number of unbranched alkanes of at least 4 members (excludes halogenated alkanes) is 49. The highest BCUT2D eigenvalue weighted by atomic mass is 31.2. The zero-order valence-electron chi connectivity index (χ0n) is 67.8. The Bertz CT molecular complexity index is 1990. The standard InChI is InChI=1S/C84H164O17P2/c1-8-10-11-12-13-14-37-44-51-58-65-81(86)94-71-79(100-84(89)68-61-54-47-40-33-27-26-29-35-42-49-56-63-76(5)6)73-98-102(90,91)96-69-78(85)70-97-103(92,93)99-74-80(72-95-82(87)66-59-52-45-38-31-25-21-22-28-34-41-48-55-62-75(3)4)101-83(88)67-60-53-46-39-32-24-20-18-16-15-17-19-23-30-36-43-50-57-64-77(7)9-2/h75-80,85H,8-74H2,1-7H3,(H,90,91)(H,92,93)/t77?,78-,79+,80+/m0/s1. The number of phosphoric acid groups is 2. The Balaban J connectivity index is 5.22. The van der Waals surface area contributed by atoms with Gasteiger partial charge in [0.1, 0.15) is 19.3 Å². The third kappa shape index (κ3) is 76.6. The van der Waals surface area contributed by atoms with Gasteiger partial charge in [-0.25, -0.2) is 9.13 Å². The van der Waals surface area contributed by atoms with E-state index < -0.39 is 97.5 Å². The van der Waals surface area contributed by atoms with E-state index in [0.717, 1.165) is 108 Å².